The minimum atomic E-state index is -1.78. The van der Waals surface area contributed by atoms with Gasteiger partial charge in [-0.15, -0.1) is 0 Å². The summed E-state index contributed by atoms with van der Waals surface area (Å²) in [6, 6.07) is 4.72. The van der Waals surface area contributed by atoms with Crippen molar-refractivity contribution >= 4 is 5.97 Å². The first kappa shape index (κ1) is 9.64. The van der Waals surface area contributed by atoms with Crippen LogP contribution in [0.4, 0.5) is 4.39 Å². The van der Waals surface area contributed by atoms with Gasteiger partial charge in [-0.25, -0.2) is 9.18 Å². The Morgan fingerprint density at radius 2 is 2.46 bits per heavy atom. The topological polar surface area (TPSA) is 39.2 Å². The molecule has 0 aromatic carbocycles. The maximum atomic E-state index is 13.2. The molecule has 0 aliphatic heterocycles. The second-order valence-corrected chi connectivity index (χ2v) is 2.37. The van der Waals surface area contributed by atoms with Gasteiger partial charge in [0.1, 0.15) is 0 Å². The lowest BCUT2D eigenvalue weighted by Gasteiger charge is -2.05. The van der Waals surface area contributed by atoms with Gasteiger partial charge in [-0.2, -0.15) is 0 Å². The van der Waals surface area contributed by atoms with Crippen molar-refractivity contribution in [2.45, 2.75) is 13.1 Å². The number of pyridine rings is 1. The summed E-state index contributed by atoms with van der Waals surface area (Å²) >= 11 is 0. The van der Waals surface area contributed by atoms with E-state index < -0.39 is 12.1 Å². The van der Waals surface area contributed by atoms with E-state index in [-0.39, 0.29) is 12.3 Å². The van der Waals surface area contributed by atoms with E-state index in [4.69, 9.17) is 0 Å². The summed E-state index contributed by atoms with van der Waals surface area (Å²) in [5.74, 6) is -0.888. The van der Waals surface area contributed by atoms with Crippen LogP contribution in [-0.4, -0.2) is 17.6 Å². The van der Waals surface area contributed by atoms with E-state index in [0.29, 0.717) is 0 Å². The summed E-state index contributed by atoms with van der Waals surface area (Å²) in [6.07, 6.45) is -0.345. The lowest BCUT2D eigenvalue weighted by molar-refractivity contribution is -0.149. The van der Waals surface area contributed by atoms with Gasteiger partial charge >= 0.3 is 5.97 Å². The molecule has 70 valence electrons. The molecule has 0 saturated carbocycles. The van der Waals surface area contributed by atoms with Gasteiger partial charge in [0.15, 0.2) is 0 Å². The zero-order chi connectivity index (χ0) is 9.68. The number of esters is 1. The van der Waals surface area contributed by atoms with E-state index in [2.05, 4.69) is 9.72 Å². The molecular weight excluding hydrogens is 173 g/mol. The highest BCUT2D eigenvalue weighted by molar-refractivity contribution is 5.75. The SMILES string of the molecule is CCOC(=O)C(F)c1ccccn1. The molecule has 1 unspecified atom stereocenters. The Morgan fingerprint density at radius 1 is 1.69 bits per heavy atom. The van der Waals surface area contributed by atoms with Gasteiger partial charge in [0.2, 0.25) is 6.17 Å². The summed E-state index contributed by atoms with van der Waals surface area (Å²) < 4.78 is 17.7. The Hall–Kier alpha value is -1.45. The molecular formula is C9H10FNO2. The summed E-state index contributed by atoms with van der Waals surface area (Å²) in [6.45, 7) is 1.80. The zero-order valence-corrected chi connectivity index (χ0v) is 7.24. The minimum Gasteiger partial charge on any atom is -0.464 e. The number of aromatic nitrogens is 1. The fraction of sp³-hybridized carbons (Fsp3) is 0.333. The first-order valence-corrected chi connectivity index (χ1v) is 3.97. The van der Waals surface area contributed by atoms with E-state index in [9.17, 15) is 9.18 Å². The van der Waals surface area contributed by atoms with Crippen molar-refractivity contribution in [3.8, 4) is 0 Å². The molecule has 13 heavy (non-hydrogen) atoms. The number of alkyl halides is 1. The van der Waals surface area contributed by atoms with Gasteiger partial charge in [0, 0.05) is 6.20 Å². The van der Waals surface area contributed by atoms with Crippen molar-refractivity contribution < 1.29 is 13.9 Å². The smallest absolute Gasteiger partial charge is 0.347 e. The van der Waals surface area contributed by atoms with Gasteiger partial charge in [-0.05, 0) is 19.1 Å². The van der Waals surface area contributed by atoms with Crippen LogP contribution in [-0.2, 0) is 9.53 Å². The van der Waals surface area contributed by atoms with Crippen molar-refractivity contribution in [1.29, 1.82) is 0 Å². The molecule has 3 nitrogen and oxygen atoms in total. The minimum absolute atomic E-state index is 0.0842. The molecule has 0 aliphatic carbocycles. The predicted octanol–water partition coefficient (Wildman–Crippen LogP) is 1.66. The number of ether oxygens (including phenoxy) is 1. The maximum Gasteiger partial charge on any atom is 0.347 e. The first-order chi connectivity index (χ1) is 6.25. The van der Waals surface area contributed by atoms with Crippen LogP contribution in [0.15, 0.2) is 24.4 Å². The molecule has 1 rings (SSSR count). The fourth-order valence-electron chi connectivity index (χ4n) is 0.862. The van der Waals surface area contributed by atoms with Crippen molar-refractivity contribution in [2.24, 2.45) is 0 Å². The third-order valence-electron chi connectivity index (χ3n) is 1.44. The quantitative estimate of drug-likeness (QED) is 0.669. The molecule has 0 saturated heterocycles. The molecule has 1 aromatic heterocycles. The Bertz CT molecular complexity index is 276. The van der Waals surface area contributed by atoms with Crippen LogP contribution < -0.4 is 0 Å². The molecule has 0 N–H and O–H groups in total. The molecule has 0 amide bonds. The molecule has 0 radical (unpaired) electrons. The second-order valence-electron chi connectivity index (χ2n) is 2.37. The molecule has 0 spiro atoms. The molecule has 1 aromatic rings. The number of nitrogens with zero attached hydrogens (tertiary/aromatic N) is 1. The molecule has 4 heteroatoms. The number of carbonyl (C=O) groups excluding carboxylic acids is 1. The van der Waals surface area contributed by atoms with Crippen molar-refractivity contribution in [3.05, 3.63) is 30.1 Å². The predicted molar refractivity (Wildman–Crippen MR) is 44.7 cm³/mol. The van der Waals surface area contributed by atoms with Crippen LogP contribution in [0.1, 0.15) is 18.8 Å². The third-order valence-corrected chi connectivity index (χ3v) is 1.44. The van der Waals surface area contributed by atoms with Crippen molar-refractivity contribution in [1.82, 2.24) is 4.98 Å². The Balaban J connectivity index is 2.68. The monoisotopic (exact) mass is 183 g/mol. The van der Waals surface area contributed by atoms with Crippen LogP contribution in [0, 0.1) is 0 Å². The highest BCUT2D eigenvalue weighted by Crippen LogP contribution is 2.15. The Labute approximate surface area is 75.6 Å². The highest BCUT2D eigenvalue weighted by atomic mass is 19.1. The van der Waals surface area contributed by atoms with Gasteiger partial charge in [-0.1, -0.05) is 6.07 Å². The Morgan fingerprint density at radius 3 is 3.00 bits per heavy atom. The number of hydrogen-bond donors (Lipinski definition) is 0. The molecule has 1 heterocycles. The lowest BCUT2D eigenvalue weighted by Crippen LogP contribution is -2.12. The van der Waals surface area contributed by atoms with E-state index in [1.54, 1.807) is 19.1 Å². The number of hydrogen-bond acceptors (Lipinski definition) is 3. The number of rotatable bonds is 3. The molecule has 0 fully saturated rings. The molecule has 0 aliphatic rings. The standard InChI is InChI=1S/C9H10FNO2/c1-2-13-9(12)8(10)7-5-3-4-6-11-7/h3-6,8H,2H2,1H3. The summed E-state index contributed by atoms with van der Waals surface area (Å²) in [7, 11) is 0. The highest BCUT2D eigenvalue weighted by Gasteiger charge is 2.21. The summed E-state index contributed by atoms with van der Waals surface area (Å²) in [5, 5.41) is 0. The van der Waals surface area contributed by atoms with Gasteiger partial charge in [0.05, 0.1) is 12.3 Å². The average molecular weight is 183 g/mol. The van der Waals surface area contributed by atoms with Crippen LogP contribution in [0.2, 0.25) is 0 Å². The van der Waals surface area contributed by atoms with E-state index in [0.717, 1.165) is 0 Å². The lowest BCUT2D eigenvalue weighted by atomic mass is 10.2. The van der Waals surface area contributed by atoms with Gasteiger partial charge in [-0.3, -0.25) is 4.98 Å². The summed E-state index contributed by atoms with van der Waals surface area (Å²) in [5.41, 5.74) is 0.0842. The normalized spacial score (nSPS) is 12.2. The maximum absolute atomic E-state index is 13.2. The zero-order valence-electron chi connectivity index (χ0n) is 7.24. The fourth-order valence-corrected chi connectivity index (χ4v) is 0.862. The van der Waals surface area contributed by atoms with Gasteiger partial charge < -0.3 is 4.74 Å². The average Bonchev–Trinajstić information content (AvgIpc) is 2.18. The van der Waals surface area contributed by atoms with Crippen molar-refractivity contribution in [3.63, 3.8) is 0 Å². The van der Waals surface area contributed by atoms with E-state index in [1.165, 1.54) is 12.3 Å². The third kappa shape index (κ3) is 2.50. The largest absolute Gasteiger partial charge is 0.464 e. The molecule has 0 bridgehead atoms. The van der Waals surface area contributed by atoms with Crippen LogP contribution >= 0.6 is 0 Å². The van der Waals surface area contributed by atoms with Crippen LogP contribution in [0.25, 0.3) is 0 Å². The Kier molecular flexibility index (Phi) is 3.37. The van der Waals surface area contributed by atoms with E-state index in [1.807, 2.05) is 0 Å². The molecule has 1 atom stereocenters. The number of halogens is 1. The van der Waals surface area contributed by atoms with Crippen LogP contribution in [0.3, 0.4) is 0 Å². The van der Waals surface area contributed by atoms with Crippen molar-refractivity contribution in [2.75, 3.05) is 6.61 Å². The van der Waals surface area contributed by atoms with Crippen LogP contribution in [0.5, 0.6) is 0 Å². The van der Waals surface area contributed by atoms with E-state index >= 15 is 0 Å². The number of carbonyl (C=O) groups is 1. The first-order valence-electron chi connectivity index (χ1n) is 3.97. The van der Waals surface area contributed by atoms with Gasteiger partial charge in [0.25, 0.3) is 0 Å². The summed E-state index contributed by atoms with van der Waals surface area (Å²) in [4.78, 5) is 14.6. The second kappa shape index (κ2) is 4.54.